The van der Waals surface area contributed by atoms with Crippen LogP contribution in [-0.2, 0) is 17.4 Å². The van der Waals surface area contributed by atoms with Gasteiger partial charge >= 0.3 is 0 Å². The number of aromatic nitrogens is 5. The summed E-state index contributed by atoms with van der Waals surface area (Å²) in [5.74, 6) is -2.79. The molecular formula is C22H26F4N6O. The van der Waals surface area contributed by atoms with E-state index in [1.807, 2.05) is 26.8 Å². The fourth-order valence-corrected chi connectivity index (χ4v) is 4.02. The number of alkyl halides is 3. The van der Waals surface area contributed by atoms with E-state index in [0.29, 0.717) is 23.6 Å². The van der Waals surface area contributed by atoms with Gasteiger partial charge in [-0.05, 0) is 41.1 Å². The molecule has 4 rings (SSSR count). The van der Waals surface area contributed by atoms with E-state index < -0.39 is 36.3 Å². The van der Waals surface area contributed by atoms with Crippen molar-refractivity contribution in [2.45, 2.75) is 69.5 Å². The summed E-state index contributed by atoms with van der Waals surface area (Å²) in [5.41, 5.74) is -0.697. The smallest absolute Gasteiger partial charge is 0.251 e. The van der Waals surface area contributed by atoms with Gasteiger partial charge in [0.25, 0.3) is 5.92 Å². The number of tetrazole rings is 1. The molecule has 178 valence electrons. The van der Waals surface area contributed by atoms with E-state index in [-0.39, 0.29) is 24.2 Å². The third-order valence-electron chi connectivity index (χ3n) is 5.96. The van der Waals surface area contributed by atoms with Crippen LogP contribution in [0.15, 0.2) is 34.9 Å². The first-order valence-corrected chi connectivity index (χ1v) is 10.8. The topological polar surface area (TPSA) is 81.7 Å². The molecule has 7 nitrogen and oxygen atoms in total. The molecule has 1 aromatic carbocycles. The van der Waals surface area contributed by atoms with E-state index in [4.69, 9.17) is 4.52 Å². The van der Waals surface area contributed by atoms with Crippen LogP contribution in [0.25, 0.3) is 5.69 Å². The molecule has 0 spiro atoms. The van der Waals surface area contributed by atoms with Gasteiger partial charge in [0.05, 0.1) is 11.4 Å². The van der Waals surface area contributed by atoms with Crippen LogP contribution in [0.4, 0.5) is 17.6 Å². The van der Waals surface area contributed by atoms with Gasteiger partial charge in [0.1, 0.15) is 23.3 Å². The average molecular weight is 466 g/mol. The predicted octanol–water partition coefficient (Wildman–Crippen LogP) is 4.27. The Kier molecular flexibility index (Phi) is 6.02. The summed E-state index contributed by atoms with van der Waals surface area (Å²) in [4.78, 5) is 0. The summed E-state index contributed by atoms with van der Waals surface area (Å²) in [7, 11) is 0. The van der Waals surface area contributed by atoms with Crippen molar-refractivity contribution in [3.05, 3.63) is 53.4 Å². The standard InChI is InChI=1S/C22H26F4N6O/c1-20(2,3)18-12-15(29-33-18)8-11-27-22(10-9-21(25,26)13-17(22)24)19-28-30-31-32(19)16-6-4-14(23)5-7-16/h4-7,12,17,27H,8-11,13H2,1-3H3. The molecule has 0 radical (unpaired) electrons. The minimum atomic E-state index is -3.12. The summed E-state index contributed by atoms with van der Waals surface area (Å²) >= 11 is 0. The van der Waals surface area contributed by atoms with Crippen LogP contribution in [0.1, 0.15) is 57.3 Å². The number of nitrogens with zero attached hydrogens (tertiary/aromatic N) is 5. The SMILES string of the molecule is CC(C)(C)c1cc(CCNC2(c3nnnn3-c3ccc(F)cc3)CCC(F)(F)CC2F)no1. The normalized spacial score (nSPS) is 23.1. The second kappa shape index (κ2) is 8.51. The van der Waals surface area contributed by atoms with E-state index >= 15 is 4.39 Å². The van der Waals surface area contributed by atoms with Gasteiger partial charge in [0.2, 0.25) is 0 Å². The minimum Gasteiger partial charge on any atom is -0.361 e. The lowest BCUT2D eigenvalue weighted by Gasteiger charge is -2.42. The van der Waals surface area contributed by atoms with Crippen LogP contribution in [0.3, 0.4) is 0 Å². The van der Waals surface area contributed by atoms with Crippen molar-refractivity contribution in [1.29, 1.82) is 0 Å². The van der Waals surface area contributed by atoms with Crippen molar-refractivity contribution in [3.8, 4) is 5.69 Å². The molecule has 1 aliphatic rings. The highest BCUT2D eigenvalue weighted by molar-refractivity contribution is 5.33. The zero-order valence-corrected chi connectivity index (χ0v) is 18.7. The average Bonchev–Trinajstić information content (AvgIpc) is 3.40. The van der Waals surface area contributed by atoms with Gasteiger partial charge in [-0.3, -0.25) is 0 Å². The van der Waals surface area contributed by atoms with Crippen LogP contribution >= 0.6 is 0 Å². The highest BCUT2D eigenvalue weighted by atomic mass is 19.3. The van der Waals surface area contributed by atoms with Crippen molar-refractivity contribution in [1.82, 2.24) is 30.7 Å². The lowest BCUT2D eigenvalue weighted by Crippen LogP contribution is -2.57. The number of rotatable bonds is 6. The molecular weight excluding hydrogens is 440 g/mol. The molecule has 11 heteroatoms. The van der Waals surface area contributed by atoms with Crippen molar-refractivity contribution in [2.75, 3.05) is 6.54 Å². The van der Waals surface area contributed by atoms with E-state index in [9.17, 15) is 13.2 Å². The van der Waals surface area contributed by atoms with E-state index in [2.05, 4.69) is 26.0 Å². The van der Waals surface area contributed by atoms with Crippen LogP contribution in [0, 0.1) is 5.82 Å². The maximum absolute atomic E-state index is 15.5. The number of nitrogens with one attached hydrogen (secondary N) is 1. The maximum Gasteiger partial charge on any atom is 0.251 e. The largest absolute Gasteiger partial charge is 0.361 e. The van der Waals surface area contributed by atoms with Gasteiger partial charge in [0, 0.05) is 37.3 Å². The molecule has 0 bridgehead atoms. The monoisotopic (exact) mass is 466 g/mol. The Morgan fingerprint density at radius 2 is 1.91 bits per heavy atom. The first-order chi connectivity index (χ1) is 15.5. The number of hydrogen-bond acceptors (Lipinski definition) is 6. The highest BCUT2D eigenvalue weighted by Crippen LogP contribution is 2.45. The van der Waals surface area contributed by atoms with Gasteiger partial charge in [0.15, 0.2) is 5.82 Å². The first kappa shape index (κ1) is 23.3. The molecule has 2 unspecified atom stereocenters. The molecule has 0 aliphatic heterocycles. The van der Waals surface area contributed by atoms with Gasteiger partial charge in [-0.1, -0.05) is 25.9 Å². The van der Waals surface area contributed by atoms with E-state index in [1.54, 1.807) is 0 Å². The molecule has 2 aromatic heterocycles. The van der Waals surface area contributed by atoms with Crippen molar-refractivity contribution < 1.29 is 22.1 Å². The maximum atomic E-state index is 15.5. The molecule has 2 atom stereocenters. The third-order valence-corrected chi connectivity index (χ3v) is 5.96. The van der Waals surface area contributed by atoms with Gasteiger partial charge in [-0.2, -0.15) is 4.68 Å². The molecule has 1 saturated carbocycles. The Balaban J connectivity index is 1.62. The van der Waals surface area contributed by atoms with Crippen molar-refractivity contribution >= 4 is 0 Å². The van der Waals surface area contributed by atoms with Crippen molar-refractivity contribution in [3.63, 3.8) is 0 Å². The zero-order valence-electron chi connectivity index (χ0n) is 18.7. The Bertz CT molecular complexity index is 1090. The highest BCUT2D eigenvalue weighted by Gasteiger charge is 2.54. The summed E-state index contributed by atoms with van der Waals surface area (Å²) in [6.07, 6.45) is -3.24. The van der Waals surface area contributed by atoms with E-state index in [1.165, 1.54) is 28.9 Å². The van der Waals surface area contributed by atoms with Crippen LogP contribution in [0.2, 0.25) is 0 Å². The van der Waals surface area contributed by atoms with Crippen LogP contribution in [0.5, 0.6) is 0 Å². The van der Waals surface area contributed by atoms with Crippen molar-refractivity contribution in [2.24, 2.45) is 0 Å². The Labute approximate surface area is 188 Å². The third kappa shape index (κ3) is 4.78. The minimum absolute atomic E-state index is 0.0626. The Morgan fingerprint density at radius 1 is 1.18 bits per heavy atom. The molecule has 2 heterocycles. The predicted molar refractivity (Wildman–Crippen MR) is 111 cm³/mol. The van der Waals surface area contributed by atoms with Gasteiger partial charge < -0.3 is 9.84 Å². The van der Waals surface area contributed by atoms with Gasteiger partial charge in [-0.15, -0.1) is 5.10 Å². The first-order valence-electron chi connectivity index (χ1n) is 10.8. The molecule has 1 aliphatic carbocycles. The summed E-state index contributed by atoms with van der Waals surface area (Å²) < 4.78 is 63.5. The summed E-state index contributed by atoms with van der Waals surface area (Å²) in [6, 6.07) is 7.16. The second-order valence-electron chi connectivity index (χ2n) is 9.50. The molecule has 1 fully saturated rings. The zero-order chi connectivity index (χ0) is 23.9. The second-order valence-corrected chi connectivity index (χ2v) is 9.50. The lowest BCUT2D eigenvalue weighted by atomic mass is 9.77. The van der Waals surface area contributed by atoms with Gasteiger partial charge in [-0.25, -0.2) is 17.6 Å². The van der Waals surface area contributed by atoms with E-state index in [0.717, 1.165) is 0 Å². The quantitative estimate of drug-likeness (QED) is 0.547. The van der Waals surface area contributed by atoms with Crippen LogP contribution < -0.4 is 5.32 Å². The number of benzene rings is 1. The fourth-order valence-electron chi connectivity index (χ4n) is 4.02. The summed E-state index contributed by atoms with van der Waals surface area (Å²) in [6.45, 7) is 6.22. The lowest BCUT2D eigenvalue weighted by molar-refractivity contribution is -0.0942. The number of hydrogen-bond donors (Lipinski definition) is 1. The Hall–Kier alpha value is -2.82. The Morgan fingerprint density at radius 3 is 2.55 bits per heavy atom. The van der Waals surface area contributed by atoms with Crippen LogP contribution in [-0.4, -0.2) is 44.0 Å². The molecule has 3 aromatic rings. The molecule has 1 N–H and O–H groups in total. The molecule has 0 saturated heterocycles. The number of halogens is 4. The molecule has 33 heavy (non-hydrogen) atoms. The molecule has 0 amide bonds. The summed E-state index contributed by atoms with van der Waals surface area (Å²) in [5, 5.41) is 18.7. The fraction of sp³-hybridized carbons (Fsp3) is 0.545.